The van der Waals surface area contributed by atoms with E-state index in [1.807, 2.05) is 19.0 Å². The second kappa shape index (κ2) is 6.87. The summed E-state index contributed by atoms with van der Waals surface area (Å²) in [4.78, 5) is 31.7. The number of fused-ring (bicyclic) bond motifs is 1. The molecule has 2 aromatic heterocycles. The number of nitrogens with one attached hydrogen (secondary N) is 2. The lowest BCUT2D eigenvalue weighted by molar-refractivity contribution is 0.0847. The van der Waals surface area contributed by atoms with Gasteiger partial charge in [-0.1, -0.05) is 22.9 Å². The number of carbonyl (C=O) groups is 2. The fourth-order valence-electron chi connectivity index (χ4n) is 1.96. The van der Waals surface area contributed by atoms with Crippen molar-refractivity contribution in [3.63, 3.8) is 0 Å². The fourth-order valence-corrected chi connectivity index (χ4v) is 4.16. The van der Waals surface area contributed by atoms with Gasteiger partial charge in [-0.25, -0.2) is 4.98 Å². The zero-order chi connectivity index (χ0) is 18.1. The highest BCUT2D eigenvalue weighted by Gasteiger charge is 2.17. The van der Waals surface area contributed by atoms with Gasteiger partial charge in [0.1, 0.15) is 10.6 Å². The number of benzene rings is 1. The smallest absolute Gasteiger partial charge is 0.279 e. The van der Waals surface area contributed by atoms with E-state index in [4.69, 9.17) is 11.6 Å². The number of carbonyl (C=O) groups excluding carboxylic acids is 2. The molecule has 0 fully saturated rings. The van der Waals surface area contributed by atoms with Crippen LogP contribution in [0.5, 0.6) is 5.75 Å². The van der Waals surface area contributed by atoms with Crippen molar-refractivity contribution in [3.8, 4) is 5.75 Å². The van der Waals surface area contributed by atoms with Crippen molar-refractivity contribution in [2.45, 2.75) is 0 Å². The maximum atomic E-state index is 12.2. The van der Waals surface area contributed by atoms with E-state index in [0.29, 0.717) is 9.90 Å². The Bertz CT molecular complexity index is 935. The summed E-state index contributed by atoms with van der Waals surface area (Å²) >= 11 is 8.52. The molecule has 0 aliphatic rings. The highest BCUT2D eigenvalue weighted by atomic mass is 35.5. The number of phenolic OH excluding ortho intramolecular Hbond substituents is 1. The van der Waals surface area contributed by atoms with Gasteiger partial charge >= 0.3 is 0 Å². The number of amides is 2. The van der Waals surface area contributed by atoms with E-state index in [0.717, 1.165) is 14.7 Å². The lowest BCUT2D eigenvalue weighted by Gasteiger charge is -2.08. The van der Waals surface area contributed by atoms with Crippen LogP contribution in [-0.4, -0.2) is 36.0 Å². The molecule has 0 radical (unpaired) electrons. The number of rotatable bonds is 3. The summed E-state index contributed by atoms with van der Waals surface area (Å²) in [5.74, 6) is -1.36. The Kier molecular flexibility index (Phi) is 4.80. The van der Waals surface area contributed by atoms with Crippen molar-refractivity contribution in [3.05, 3.63) is 39.7 Å². The summed E-state index contributed by atoms with van der Waals surface area (Å²) in [6.45, 7) is 0. The van der Waals surface area contributed by atoms with Crippen LogP contribution in [0.25, 0.3) is 9.53 Å². The SMILES string of the molecule is CN(C)c1nc2sc(C(=O)NNC(=O)c3cc(Cl)ccc3O)cc2s1. The lowest BCUT2D eigenvalue weighted by Crippen LogP contribution is -2.41. The van der Waals surface area contributed by atoms with E-state index >= 15 is 0 Å². The number of thiazole rings is 1. The van der Waals surface area contributed by atoms with Crippen LogP contribution in [0.1, 0.15) is 20.0 Å². The number of halogens is 1. The second-order valence-corrected chi connectivity index (χ2v) is 7.72. The molecule has 0 saturated heterocycles. The molecule has 10 heteroatoms. The predicted molar refractivity (Wildman–Crippen MR) is 99.9 cm³/mol. The molecule has 0 bridgehead atoms. The van der Waals surface area contributed by atoms with Gasteiger partial charge in [-0.2, -0.15) is 0 Å². The molecule has 0 spiro atoms. The standard InChI is InChI=1S/C15H13ClN4O3S2/c1-20(2)15-17-14-11(25-15)6-10(24-14)13(23)19-18-12(22)8-5-7(16)3-4-9(8)21/h3-6,21H,1-2H3,(H,18,22)(H,19,23). The van der Waals surface area contributed by atoms with Crippen molar-refractivity contribution in [2.75, 3.05) is 19.0 Å². The number of aromatic nitrogens is 1. The molecule has 25 heavy (non-hydrogen) atoms. The van der Waals surface area contributed by atoms with Gasteiger partial charge in [-0.3, -0.25) is 20.4 Å². The predicted octanol–water partition coefficient (Wildman–Crippen LogP) is 2.86. The largest absolute Gasteiger partial charge is 0.507 e. The summed E-state index contributed by atoms with van der Waals surface area (Å²) in [5.41, 5.74) is 4.54. The van der Waals surface area contributed by atoms with Crippen LogP contribution < -0.4 is 15.8 Å². The number of thiophene rings is 1. The van der Waals surface area contributed by atoms with Gasteiger partial charge in [0.05, 0.1) is 15.1 Å². The Hall–Kier alpha value is -2.36. The molecule has 0 atom stereocenters. The van der Waals surface area contributed by atoms with Gasteiger partial charge in [-0.15, -0.1) is 11.3 Å². The summed E-state index contributed by atoms with van der Waals surface area (Å²) < 4.78 is 0.901. The molecule has 3 N–H and O–H groups in total. The zero-order valence-electron chi connectivity index (χ0n) is 13.2. The van der Waals surface area contributed by atoms with Crippen molar-refractivity contribution >= 4 is 60.8 Å². The van der Waals surface area contributed by atoms with Crippen LogP contribution in [-0.2, 0) is 0 Å². The molecule has 0 saturated carbocycles. The first-order valence-corrected chi connectivity index (χ1v) is 9.03. The van der Waals surface area contributed by atoms with Crippen LogP contribution in [0.4, 0.5) is 5.13 Å². The average Bonchev–Trinajstić information content (AvgIpc) is 3.13. The second-order valence-electron chi connectivity index (χ2n) is 5.24. The highest BCUT2D eigenvalue weighted by Crippen LogP contribution is 2.33. The monoisotopic (exact) mass is 396 g/mol. The minimum Gasteiger partial charge on any atom is -0.507 e. The summed E-state index contributed by atoms with van der Waals surface area (Å²) in [7, 11) is 3.80. The number of hydrogen-bond acceptors (Lipinski definition) is 7. The van der Waals surface area contributed by atoms with Gasteiger partial charge in [0.15, 0.2) is 5.13 Å². The number of hydrogen-bond donors (Lipinski definition) is 3. The third-order valence-corrected chi connectivity index (χ3v) is 5.74. The molecule has 3 aromatic rings. The Morgan fingerprint density at radius 2 is 1.88 bits per heavy atom. The fraction of sp³-hybridized carbons (Fsp3) is 0.133. The third kappa shape index (κ3) is 3.68. The molecule has 2 heterocycles. The van der Waals surface area contributed by atoms with Crippen LogP contribution >= 0.6 is 34.3 Å². The highest BCUT2D eigenvalue weighted by molar-refractivity contribution is 7.29. The number of anilines is 1. The van der Waals surface area contributed by atoms with E-state index in [9.17, 15) is 14.7 Å². The summed E-state index contributed by atoms with van der Waals surface area (Å²) in [5, 5.41) is 10.8. The third-order valence-electron chi connectivity index (χ3n) is 3.18. The van der Waals surface area contributed by atoms with Crippen molar-refractivity contribution < 1.29 is 14.7 Å². The molecule has 0 aliphatic carbocycles. The van der Waals surface area contributed by atoms with Crippen LogP contribution in [0, 0.1) is 0 Å². The van der Waals surface area contributed by atoms with Gasteiger partial charge in [0.2, 0.25) is 0 Å². The van der Waals surface area contributed by atoms with Crippen molar-refractivity contribution in [1.82, 2.24) is 15.8 Å². The molecule has 130 valence electrons. The Balaban J connectivity index is 1.69. The lowest BCUT2D eigenvalue weighted by atomic mass is 10.2. The maximum Gasteiger partial charge on any atom is 0.279 e. The number of phenols is 1. The average molecular weight is 397 g/mol. The van der Waals surface area contributed by atoms with Crippen LogP contribution in [0.3, 0.4) is 0 Å². The van der Waals surface area contributed by atoms with E-state index in [1.165, 1.54) is 40.9 Å². The first kappa shape index (κ1) is 17.5. The first-order valence-electron chi connectivity index (χ1n) is 7.02. The van der Waals surface area contributed by atoms with E-state index < -0.39 is 11.8 Å². The molecule has 0 unspecified atom stereocenters. The molecular formula is C15H13ClN4O3S2. The van der Waals surface area contributed by atoms with Crippen LogP contribution in [0.15, 0.2) is 24.3 Å². The van der Waals surface area contributed by atoms with Crippen molar-refractivity contribution in [2.24, 2.45) is 0 Å². The first-order chi connectivity index (χ1) is 11.8. The summed E-state index contributed by atoms with van der Waals surface area (Å²) in [6.07, 6.45) is 0. The van der Waals surface area contributed by atoms with Gasteiger partial charge in [0, 0.05) is 19.1 Å². The van der Waals surface area contributed by atoms with Gasteiger partial charge < -0.3 is 10.0 Å². The molecule has 7 nitrogen and oxygen atoms in total. The number of hydrazine groups is 1. The number of aromatic hydroxyl groups is 1. The Morgan fingerprint density at radius 3 is 2.56 bits per heavy atom. The normalized spacial score (nSPS) is 10.7. The van der Waals surface area contributed by atoms with E-state index in [-0.39, 0.29) is 11.3 Å². The molecule has 1 aromatic carbocycles. The molecule has 3 rings (SSSR count). The number of nitrogens with zero attached hydrogens (tertiary/aromatic N) is 2. The molecular weight excluding hydrogens is 384 g/mol. The maximum absolute atomic E-state index is 12.2. The van der Waals surface area contributed by atoms with Gasteiger partial charge in [0.25, 0.3) is 11.8 Å². The van der Waals surface area contributed by atoms with Crippen LogP contribution in [0.2, 0.25) is 5.02 Å². The quantitative estimate of drug-likeness (QED) is 0.592. The molecule has 0 aliphatic heterocycles. The minimum atomic E-state index is -0.667. The Morgan fingerprint density at radius 1 is 1.16 bits per heavy atom. The zero-order valence-corrected chi connectivity index (χ0v) is 15.6. The van der Waals surface area contributed by atoms with Gasteiger partial charge in [-0.05, 0) is 24.3 Å². The summed E-state index contributed by atoms with van der Waals surface area (Å²) in [6, 6.07) is 5.80. The molecule has 2 amide bonds. The minimum absolute atomic E-state index is 0.0303. The van der Waals surface area contributed by atoms with Crippen molar-refractivity contribution in [1.29, 1.82) is 0 Å². The Labute approximate surface area is 155 Å². The van der Waals surface area contributed by atoms with E-state index in [1.54, 1.807) is 6.07 Å². The topological polar surface area (TPSA) is 94.6 Å². The van der Waals surface area contributed by atoms with E-state index in [2.05, 4.69) is 15.8 Å².